The van der Waals surface area contributed by atoms with Crippen molar-refractivity contribution in [3.63, 3.8) is 0 Å². The summed E-state index contributed by atoms with van der Waals surface area (Å²) >= 11 is 2.17. The summed E-state index contributed by atoms with van der Waals surface area (Å²) < 4.78 is 1.09. The van der Waals surface area contributed by atoms with E-state index in [1.165, 1.54) is 0 Å². The van der Waals surface area contributed by atoms with Gasteiger partial charge in [0, 0.05) is 9.99 Å². The number of carboxylic acids is 1. The van der Waals surface area contributed by atoms with Gasteiger partial charge in [0.25, 0.3) is 0 Å². The van der Waals surface area contributed by atoms with Crippen LogP contribution in [0.1, 0.15) is 5.56 Å². The van der Waals surface area contributed by atoms with Crippen LogP contribution in [0.15, 0.2) is 24.3 Å². The van der Waals surface area contributed by atoms with Crippen molar-refractivity contribution in [3.8, 4) is 0 Å². The predicted octanol–water partition coefficient (Wildman–Crippen LogP) is 1.27. The number of halogens is 1. The fourth-order valence-electron chi connectivity index (χ4n) is 1.04. The third-order valence-corrected chi connectivity index (χ3v) is 2.53. The van der Waals surface area contributed by atoms with Gasteiger partial charge < -0.3 is 10.3 Å². The van der Waals surface area contributed by atoms with Crippen molar-refractivity contribution in [1.82, 2.24) is 5.48 Å². The quantitative estimate of drug-likeness (QED) is 0.579. The number of nitrogens with one attached hydrogen (secondary N) is 1. The number of hydroxylamine groups is 1. The predicted molar refractivity (Wildman–Crippen MR) is 59.2 cm³/mol. The normalized spacial score (nSPS) is 12.4. The molecule has 1 rings (SSSR count). The molecule has 0 aromatic heterocycles. The van der Waals surface area contributed by atoms with E-state index in [-0.39, 0.29) is 6.42 Å². The van der Waals surface area contributed by atoms with Crippen LogP contribution in [0.25, 0.3) is 0 Å². The van der Waals surface area contributed by atoms with E-state index in [0.29, 0.717) is 0 Å². The molecule has 0 aliphatic rings. The second-order valence-corrected chi connectivity index (χ2v) is 4.10. The SMILES string of the molecule is O=C(O)C(Cc1ccc(I)cc1)NO. The number of hydrogen-bond donors (Lipinski definition) is 3. The van der Waals surface area contributed by atoms with E-state index in [1.54, 1.807) is 5.48 Å². The first kappa shape index (κ1) is 11.4. The van der Waals surface area contributed by atoms with Gasteiger partial charge in [-0.2, -0.15) is 5.48 Å². The third kappa shape index (κ3) is 3.24. The molecule has 1 atom stereocenters. The maximum Gasteiger partial charge on any atom is 0.323 e. The fourth-order valence-corrected chi connectivity index (χ4v) is 1.40. The number of hydrogen-bond acceptors (Lipinski definition) is 3. The van der Waals surface area contributed by atoms with Gasteiger partial charge in [0.15, 0.2) is 0 Å². The van der Waals surface area contributed by atoms with Gasteiger partial charge in [-0.15, -0.1) is 0 Å². The fraction of sp³-hybridized carbons (Fsp3) is 0.222. The Morgan fingerprint density at radius 3 is 2.43 bits per heavy atom. The van der Waals surface area contributed by atoms with Crippen LogP contribution < -0.4 is 5.48 Å². The first-order valence-corrected chi connectivity index (χ1v) is 5.08. The summed E-state index contributed by atoms with van der Waals surface area (Å²) in [5.41, 5.74) is 2.64. The van der Waals surface area contributed by atoms with E-state index < -0.39 is 12.0 Å². The highest BCUT2D eigenvalue weighted by Gasteiger charge is 2.16. The van der Waals surface area contributed by atoms with Gasteiger partial charge >= 0.3 is 5.97 Å². The Morgan fingerprint density at radius 2 is 2.00 bits per heavy atom. The summed E-state index contributed by atoms with van der Waals surface area (Å²) in [6, 6.07) is 6.53. The van der Waals surface area contributed by atoms with Gasteiger partial charge in [0.1, 0.15) is 6.04 Å². The van der Waals surface area contributed by atoms with Gasteiger partial charge in [-0.1, -0.05) is 12.1 Å². The minimum Gasteiger partial charge on any atom is -0.480 e. The van der Waals surface area contributed by atoms with Crippen molar-refractivity contribution in [2.24, 2.45) is 0 Å². The smallest absolute Gasteiger partial charge is 0.323 e. The zero-order valence-corrected chi connectivity index (χ0v) is 9.43. The van der Waals surface area contributed by atoms with Crippen LogP contribution in [0.2, 0.25) is 0 Å². The van der Waals surface area contributed by atoms with Crippen molar-refractivity contribution in [3.05, 3.63) is 33.4 Å². The number of rotatable bonds is 4. The second kappa shape index (κ2) is 5.28. The molecule has 0 bridgehead atoms. The Kier molecular flexibility index (Phi) is 4.30. The molecule has 0 aliphatic heterocycles. The molecule has 0 saturated heterocycles. The lowest BCUT2D eigenvalue weighted by molar-refractivity contribution is -0.142. The second-order valence-electron chi connectivity index (χ2n) is 2.85. The van der Waals surface area contributed by atoms with E-state index in [1.807, 2.05) is 24.3 Å². The molecule has 5 heteroatoms. The summed E-state index contributed by atoms with van der Waals surface area (Å²) in [5, 5.41) is 17.2. The van der Waals surface area contributed by atoms with Crippen LogP contribution in [0.5, 0.6) is 0 Å². The Balaban J connectivity index is 2.67. The molecule has 0 heterocycles. The molecule has 14 heavy (non-hydrogen) atoms. The molecule has 0 radical (unpaired) electrons. The third-order valence-electron chi connectivity index (χ3n) is 1.81. The molecule has 3 N–H and O–H groups in total. The van der Waals surface area contributed by atoms with Gasteiger partial charge in [-0.05, 0) is 40.3 Å². The lowest BCUT2D eigenvalue weighted by atomic mass is 10.1. The molecular formula is C9H10INO3. The molecular weight excluding hydrogens is 297 g/mol. The zero-order valence-electron chi connectivity index (χ0n) is 7.27. The zero-order chi connectivity index (χ0) is 10.6. The largest absolute Gasteiger partial charge is 0.480 e. The molecule has 76 valence electrons. The monoisotopic (exact) mass is 307 g/mol. The van der Waals surface area contributed by atoms with Crippen molar-refractivity contribution in [2.45, 2.75) is 12.5 Å². The molecule has 1 unspecified atom stereocenters. The Hall–Kier alpha value is -0.660. The van der Waals surface area contributed by atoms with Crippen LogP contribution in [0.4, 0.5) is 0 Å². The van der Waals surface area contributed by atoms with E-state index in [0.717, 1.165) is 9.13 Å². The molecule has 0 amide bonds. The van der Waals surface area contributed by atoms with Crippen molar-refractivity contribution in [2.75, 3.05) is 0 Å². The van der Waals surface area contributed by atoms with Crippen LogP contribution in [-0.2, 0) is 11.2 Å². The van der Waals surface area contributed by atoms with Crippen molar-refractivity contribution >= 4 is 28.6 Å². The van der Waals surface area contributed by atoms with Crippen LogP contribution >= 0.6 is 22.6 Å². The van der Waals surface area contributed by atoms with Crippen molar-refractivity contribution in [1.29, 1.82) is 0 Å². The summed E-state index contributed by atoms with van der Waals surface area (Å²) in [6.45, 7) is 0. The van der Waals surface area contributed by atoms with Crippen molar-refractivity contribution < 1.29 is 15.1 Å². The van der Waals surface area contributed by atoms with Gasteiger partial charge in [-0.25, -0.2) is 0 Å². The standard InChI is InChI=1S/C9H10INO3/c10-7-3-1-6(2-4-7)5-8(11-14)9(12)13/h1-4,8,11,14H,5H2,(H,12,13). The molecule has 0 saturated carbocycles. The van der Waals surface area contributed by atoms with E-state index in [4.69, 9.17) is 10.3 Å². The first-order chi connectivity index (χ1) is 6.63. The number of aliphatic carboxylic acids is 1. The minimum atomic E-state index is -1.06. The Bertz CT molecular complexity index is 312. The highest BCUT2D eigenvalue weighted by atomic mass is 127. The van der Waals surface area contributed by atoms with Gasteiger partial charge in [-0.3, -0.25) is 4.79 Å². The Morgan fingerprint density at radius 1 is 1.43 bits per heavy atom. The molecule has 0 spiro atoms. The van der Waals surface area contributed by atoms with E-state index in [9.17, 15) is 4.79 Å². The molecule has 4 nitrogen and oxygen atoms in total. The highest BCUT2D eigenvalue weighted by Crippen LogP contribution is 2.08. The lowest BCUT2D eigenvalue weighted by Crippen LogP contribution is -2.36. The average Bonchev–Trinajstić information content (AvgIpc) is 2.16. The first-order valence-electron chi connectivity index (χ1n) is 4.00. The Labute approximate surface area is 95.0 Å². The lowest BCUT2D eigenvalue weighted by Gasteiger charge is -2.09. The molecule has 0 aliphatic carbocycles. The van der Waals surface area contributed by atoms with E-state index >= 15 is 0 Å². The topological polar surface area (TPSA) is 69.6 Å². The average molecular weight is 307 g/mol. The number of carboxylic acid groups (broad SMARTS) is 1. The highest BCUT2D eigenvalue weighted by molar-refractivity contribution is 14.1. The minimum absolute atomic E-state index is 0.267. The summed E-state index contributed by atoms with van der Waals surface area (Å²) in [4.78, 5) is 10.6. The van der Waals surface area contributed by atoms with Gasteiger partial charge in [0.2, 0.25) is 0 Å². The summed E-state index contributed by atoms with van der Waals surface area (Å²) in [6.07, 6.45) is 0.267. The maximum atomic E-state index is 10.6. The van der Waals surface area contributed by atoms with Crippen LogP contribution in [-0.4, -0.2) is 22.3 Å². The van der Waals surface area contributed by atoms with Crippen LogP contribution in [0.3, 0.4) is 0 Å². The summed E-state index contributed by atoms with van der Waals surface area (Å²) in [7, 11) is 0. The van der Waals surface area contributed by atoms with Crippen LogP contribution in [0, 0.1) is 3.57 Å². The molecule has 1 aromatic carbocycles. The molecule has 0 fully saturated rings. The summed E-state index contributed by atoms with van der Waals surface area (Å²) in [5.74, 6) is -1.06. The maximum absolute atomic E-state index is 10.6. The number of benzene rings is 1. The molecule has 1 aromatic rings. The van der Waals surface area contributed by atoms with Gasteiger partial charge in [0.05, 0.1) is 0 Å². The number of carbonyl (C=O) groups is 1. The van der Waals surface area contributed by atoms with E-state index in [2.05, 4.69) is 22.6 Å².